The Labute approximate surface area is 131 Å². The molecule has 1 aromatic rings. The number of hydrogen-bond acceptors (Lipinski definition) is 5. The normalized spacial score (nSPS) is 21.1. The van der Waals surface area contributed by atoms with Gasteiger partial charge in [-0.05, 0) is 34.5 Å². The van der Waals surface area contributed by atoms with E-state index in [1.807, 2.05) is 4.83 Å². The van der Waals surface area contributed by atoms with E-state index in [9.17, 15) is 21.6 Å². The van der Waals surface area contributed by atoms with Crippen molar-refractivity contribution in [3.63, 3.8) is 0 Å². The number of carbonyl (C=O) groups is 1. The van der Waals surface area contributed by atoms with E-state index in [2.05, 4.69) is 21.4 Å². The number of benzene rings is 1. The highest BCUT2D eigenvalue weighted by atomic mass is 79.9. The molecule has 0 unspecified atom stereocenters. The third kappa shape index (κ3) is 4.02. The van der Waals surface area contributed by atoms with Crippen LogP contribution in [-0.4, -0.2) is 34.2 Å². The van der Waals surface area contributed by atoms with Crippen molar-refractivity contribution in [2.75, 3.05) is 11.5 Å². The molecular formula is C11H13BrN2O5S2. The summed E-state index contributed by atoms with van der Waals surface area (Å²) < 4.78 is 47.0. The average molecular weight is 397 g/mol. The van der Waals surface area contributed by atoms with Crippen LogP contribution in [-0.2, 0) is 24.7 Å². The van der Waals surface area contributed by atoms with Gasteiger partial charge in [0.1, 0.15) is 0 Å². The van der Waals surface area contributed by atoms with Gasteiger partial charge in [-0.25, -0.2) is 16.8 Å². The Bertz CT molecular complexity index is 761. The molecule has 1 saturated heterocycles. The van der Waals surface area contributed by atoms with Gasteiger partial charge in [0.05, 0.1) is 22.3 Å². The minimum atomic E-state index is -3.92. The molecule has 0 spiro atoms. The van der Waals surface area contributed by atoms with Gasteiger partial charge in [-0.2, -0.15) is 0 Å². The lowest BCUT2D eigenvalue weighted by molar-refractivity contribution is -0.124. The molecular weight excluding hydrogens is 384 g/mol. The van der Waals surface area contributed by atoms with Crippen LogP contribution in [0.1, 0.15) is 6.42 Å². The fraction of sp³-hybridized carbons (Fsp3) is 0.364. The van der Waals surface area contributed by atoms with Crippen LogP contribution in [0.25, 0.3) is 0 Å². The first-order valence-electron chi connectivity index (χ1n) is 5.98. The van der Waals surface area contributed by atoms with Crippen molar-refractivity contribution < 1.29 is 21.6 Å². The second-order valence-electron chi connectivity index (χ2n) is 4.63. The van der Waals surface area contributed by atoms with Crippen LogP contribution in [0.4, 0.5) is 0 Å². The zero-order chi connectivity index (χ0) is 15.7. The molecule has 0 bridgehead atoms. The third-order valence-corrected chi connectivity index (χ3v) is 7.07. The van der Waals surface area contributed by atoms with Gasteiger partial charge in [-0.15, -0.1) is 4.83 Å². The lowest BCUT2D eigenvalue weighted by atomic mass is 10.1. The second kappa shape index (κ2) is 6.03. The first kappa shape index (κ1) is 16.4. The van der Waals surface area contributed by atoms with Crippen LogP contribution < -0.4 is 10.3 Å². The molecule has 7 nitrogen and oxygen atoms in total. The Morgan fingerprint density at radius 2 is 1.95 bits per heavy atom. The minimum absolute atomic E-state index is 0.0238. The quantitative estimate of drug-likeness (QED) is 0.706. The number of amides is 1. The molecule has 1 heterocycles. The molecule has 1 aliphatic rings. The maximum absolute atomic E-state index is 12.0. The second-order valence-corrected chi connectivity index (χ2v) is 9.36. The minimum Gasteiger partial charge on any atom is -0.277 e. The number of sulfone groups is 1. The number of sulfonamides is 1. The first-order chi connectivity index (χ1) is 9.71. The summed E-state index contributed by atoms with van der Waals surface area (Å²) in [5, 5.41) is 0. The van der Waals surface area contributed by atoms with E-state index in [1.54, 1.807) is 18.2 Å². The smallest absolute Gasteiger partial charge is 0.258 e. The summed E-state index contributed by atoms with van der Waals surface area (Å²) in [5.74, 6) is -1.68. The summed E-state index contributed by atoms with van der Waals surface area (Å²) in [6.07, 6.45) is 0.199. The molecule has 21 heavy (non-hydrogen) atoms. The maximum atomic E-state index is 12.0. The molecule has 2 rings (SSSR count). The number of hydrazine groups is 1. The molecule has 1 amide bonds. The number of hydrogen-bond donors (Lipinski definition) is 2. The van der Waals surface area contributed by atoms with Crippen LogP contribution in [0, 0.1) is 5.92 Å². The van der Waals surface area contributed by atoms with Crippen LogP contribution in [0.3, 0.4) is 0 Å². The highest BCUT2D eigenvalue weighted by Gasteiger charge is 2.33. The summed E-state index contributed by atoms with van der Waals surface area (Å²) in [5.41, 5.74) is 2.07. The van der Waals surface area contributed by atoms with Crippen molar-refractivity contribution in [1.82, 2.24) is 10.3 Å². The summed E-state index contributed by atoms with van der Waals surface area (Å²) in [4.78, 5) is 13.7. The van der Waals surface area contributed by atoms with Crippen molar-refractivity contribution in [1.29, 1.82) is 0 Å². The van der Waals surface area contributed by atoms with E-state index in [-0.39, 0.29) is 22.8 Å². The number of carbonyl (C=O) groups excluding carboxylic acids is 1. The van der Waals surface area contributed by atoms with Crippen molar-refractivity contribution in [2.24, 2.45) is 5.92 Å². The monoisotopic (exact) mass is 396 g/mol. The van der Waals surface area contributed by atoms with Gasteiger partial charge in [0.15, 0.2) is 9.84 Å². The van der Waals surface area contributed by atoms with E-state index in [1.165, 1.54) is 6.07 Å². The van der Waals surface area contributed by atoms with E-state index < -0.39 is 31.7 Å². The number of rotatable bonds is 4. The van der Waals surface area contributed by atoms with Crippen molar-refractivity contribution in [3.05, 3.63) is 28.7 Å². The average Bonchev–Trinajstić information content (AvgIpc) is 2.77. The summed E-state index contributed by atoms with van der Waals surface area (Å²) in [7, 11) is -7.12. The van der Waals surface area contributed by atoms with Gasteiger partial charge in [0.2, 0.25) is 5.91 Å². The predicted molar refractivity (Wildman–Crippen MR) is 79.4 cm³/mol. The standard InChI is InChI=1S/C11H13BrN2O5S2/c12-9-3-1-2-4-10(9)21(18,19)14-13-11(15)8-5-6-20(16,17)7-8/h1-4,8,14H,5-7H2,(H,13,15)/t8-/m0/s1. The maximum Gasteiger partial charge on any atom is 0.258 e. The molecule has 0 saturated carbocycles. The third-order valence-electron chi connectivity index (χ3n) is 3.04. The fourth-order valence-corrected chi connectivity index (χ4v) is 5.53. The molecule has 1 aliphatic heterocycles. The highest BCUT2D eigenvalue weighted by Crippen LogP contribution is 2.21. The fourth-order valence-electron chi connectivity index (χ4n) is 1.94. The zero-order valence-corrected chi connectivity index (χ0v) is 14.0. The molecule has 116 valence electrons. The largest absolute Gasteiger partial charge is 0.277 e. The number of halogens is 1. The molecule has 1 aromatic carbocycles. The molecule has 0 aromatic heterocycles. The van der Waals surface area contributed by atoms with Crippen molar-refractivity contribution >= 4 is 41.7 Å². The highest BCUT2D eigenvalue weighted by molar-refractivity contribution is 9.10. The van der Waals surface area contributed by atoms with Gasteiger partial charge in [0.25, 0.3) is 10.0 Å². The van der Waals surface area contributed by atoms with Crippen molar-refractivity contribution in [3.8, 4) is 0 Å². The molecule has 2 N–H and O–H groups in total. The topological polar surface area (TPSA) is 109 Å². The predicted octanol–water partition coefficient (Wildman–Crippen LogP) is 0.193. The van der Waals surface area contributed by atoms with Crippen molar-refractivity contribution in [2.45, 2.75) is 11.3 Å². The summed E-state index contributed by atoms with van der Waals surface area (Å²) >= 11 is 3.11. The Morgan fingerprint density at radius 1 is 1.29 bits per heavy atom. The van der Waals surface area contributed by atoms with Crippen LogP contribution in [0.2, 0.25) is 0 Å². The van der Waals surface area contributed by atoms with Crippen LogP contribution in [0.5, 0.6) is 0 Å². The molecule has 1 atom stereocenters. The van der Waals surface area contributed by atoms with E-state index in [0.717, 1.165) is 0 Å². The Hall–Kier alpha value is -0.970. The Morgan fingerprint density at radius 3 is 2.52 bits per heavy atom. The van der Waals surface area contributed by atoms with E-state index in [0.29, 0.717) is 4.47 Å². The lowest BCUT2D eigenvalue weighted by Crippen LogP contribution is -2.44. The molecule has 0 aliphatic carbocycles. The first-order valence-corrected chi connectivity index (χ1v) is 10.1. The van der Waals surface area contributed by atoms with E-state index >= 15 is 0 Å². The number of nitrogens with one attached hydrogen (secondary N) is 2. The van der Waals surface area contributed by atoms with Gasteiger partial charge in [0, 0.05) is 4.47 Å². The van der Waals surface area contributed by atoms with Crippen LogP contribution >= 0.6 is 15.9 Å². The molecule has 1 fully saturated rings. The zero-order valence-electron chi connectivity index (χ0n) is 10.7. The SMILES string of the molecule is O=C(NNS(=O)(=O)c1ccccc1Br)[C@H]1CCS(=O)(=O)C1. The van der Waals surface area contributed by atoms with Gasteiger partial charge < -0.3 is 0 Å². The van der Waals surface area contributed by atoms with Gasteiger partial charge in [-0.3, -0.25) is 10.2 Å². The Kier molecular flexibility index (Phi) is 4.71. The Balaban J connectivity index is 2.03. The summed E-state index contributed by atoms with van der Waals surface area (Å²) in [6, 6.07) is 6.13. The van der Waals surface area contributed by atoms with Gasteiger partial charge >= 0.3 is 0 Å². The summed E-state index contributed by atoms with van der Waals surface area (Å²) in [6.45, 7) is 0. The van der Waals surface area contributed by atoms with E-state index in [4.69, 9.17) is 0 Å². The van der Waals surface area contributed by atoms with Gasteiger partial charge in [-0.1, -0.05) is 12.1 Å². The van der Waals surface area contributed by atoms with Crippen LogP contribution in [0.15, 0.2) is 33.6 Å². The molecule has 0 radical (unpaired) electrons. The molecule has 10 heteroatoms. The lowest BCUT2D eigenvalue weighted by Gasteiger charge is -2.12.